The number of carbonyl (C=O) groups excluding carboxylic acids is 2. The number of ether oxygens (including phenoxy) is 3. The SMILES string of the molecule is C[C@@H](Oc1ccc(Br)cc1C=O)C(=O)Nc1ccc2c(c1)OCO2. The van der Waals surface area contributed by atoms with Crippen LogP contribution >= 0.6 is 15.9 Å². The summed E-state index contributed by atoms with van der Waals surface area (Å²) >= 11 is 3.29. The fraction of sp³-hybridized carbons (Fsp3) is 0.176. The fourth-order valence-electron chi connectivity index (χ4n) is 2.18. The zero-order valence-corrected chi connectivity index (χ0v) is 14.3. The van der Waals surface area contributed by atoms with Crippen LogP contribution in [0.25, 0.3) is 0 Å². The third-order valence-corrected chi connectivity index (χ3v) is 3.91. The number of hydrogen-bond acceptors (Lipinski definition) is 5. The number of nitrogens with one attached hydrogen (secondary N) is 1. The van der Waals surface area contributed by atoms with Crippen molar-refractivity contribution in [2.24, 2.45) is 0 Å². The van der Waals surface area contributed by atoms with Gasteiger partial charge in [-0.05, 0) is 37.3 Å². The molecule has 124 valence electrons. The molecular formula is C17H14BrNO5. The molecular weight excluding hydrogens is 378 g/mol. The molecule has 1 amide bonds. The number of amides is 1. The fourth-order valence-corrected chi connectivity index (χ4v) is 2.56. The van der Waals surface area contributed by atoms with E-state index in [2.05, 4.69) is 21.2 Å². The summed E-state index contributed by atoms with van der Waals surface area (Å²) in [5.41, 5.74) is 0.943. The minimum atomic E-state index is -0.782. The van der Waals surface area contributed by atoms with Gasteiger partial charge < -0.3 is 19.5 Å². The standard InChI is InChI=1S/C17H14BrNO5/c1-10(24-14-4-2-12(18)6-11(14)8-20)17(21)19-13-3-5-15-16(7-13)23-9-22-15/h2-8,10H,9H2,1H3,(H,19,21)/t10-/m1/s1. The number of fused-ring (bicyclic) bond motifs is 1. The predicted octanol–water partition coefficient (Wildman–Crippen LogP) is 3.40. The zero-order valence-electron chi connectivity index (χ0n) is 12.7. The number of halogens is 1. The molecule has 0 radical (unpaired) electrons. The Balaban J connectivity index is 1.68. The Hall–Kier alpha value is -2.54. The highest BCUT2D eigenvalue weighted by atomic mass is 79.9. The van der Waals surface area contributed by atoms with E-state index in [1.165, 1.54) is 0 Å². The average Bonchev–Trinajstić information content (AvgIpc) is 3.04. The molecule has 1 atom stereocenters. The molecule has 24 heavy (non-hydrogen) atoms. The van der Waals surface area contributed by atoms with Crippen LogP contribution in [0, 0.1) is 0 Å². The molecule has 0 saturated carbocycles. The maximum atomic E-state index is 12.3. The Kier molecular flexibility index (Phi) is 4.71. The molecule has 0 saturated heterocycles. The molecule has 1 aliphatic heterocycles. The molecule has 3 rings (SSSR count). The second kappa shape index (κ2) is 6.92. The topological polar surface area (TPSA) is 73.9 Å². The number of aldehydes is 1. The van der Waals surface area contributed by atoms with Gasteiger partial charge in [0, 0.05) is 16.2 Å². The summed E-state index contributed by atoms with van der Waals surface area (Å²) in [6.07, 6.45) is -0.0990. The number of benzene rings is 2. The Bertz CT molecular complexity index is 793. The molecule has 6 nitrogen and oxygen atoms in total. The molecule has 0 aromatic heterocycles. The van der Waals surface area contributed by atoms with Crippen molar-refractivity contribution < 1.29 is 23.8 Å². The zero-order chi connectivity index (χ0) is 17.1. The second-order valence-electron chi connectivity index (χ2n) is 5.12. The van der Waals surface area contributed by atoms with Crippen LogP contribution in [0.3, 0.4) is 0 Å². The maximum absolute atomic E-state index is 12.3. The molecule has 2 aromatic carbocycles. The maximum Gasteiger partial charge on any atom is 0.265 e. The van der Waals surface area contributed by atoms with Gasteiger partial charge in [-0.3, -0.25) is 9.59 Å². The summed E-state index contributed by atoms with van der Waals surface area (Å²) in [4.78, 5) is 23.4. The minimum Gasteiger partial charge on any atom is -0.480 e. The summed E-state index contributed by atoms with van der Waals surface area (Å²) in [5.74, 6) is 1.23. The van der Waals surface area contributed by atoms with Crippen molar-refractivity contribution in [2.75, 3.05) is 12.1 Å². The van der Waals surface area contributed by atoms with Gasteiger partial charge in [0.2, 0.25) is 6.79 Å². The van der Waals surface area contributed by atoms with Crippen LogP contribution in [0.2, 0.25) is 0 Å². The van der Waals surface area contributed by atoms with Crippen LogP contribution < -0.4 is 19.5 Å². The Labute approximate surface area is 146 Å². The van der Waals surface area contributed by atoms with Crippen LogP contribution in [0.4, 0.5) is 5.69 Å². The van der Waals surface area contributed by atoms with Gasteiger partial charge in [-0.25, -0.2) is 0 Å². The van der Waals surface area contributed by atoms with Crippen molar-refractivity contribution in [1.82, 2.24) is 0 Å². The molecule has 1 aliphatic rings. The molecule has 1 heterocycles. The molecule has 0 fully saturated rings. The lowest BCUT2D eigenvalue weighted by Crippen LogP contribution is -2.30. The predicted molar refractivity (Wildman–Crippen MR) is 90.8 cm³/mol. The van der Waals surface area contributed by atoms with Crippen LogP contribution in [-0.4, -0.2) is 25.1 Å². The van der Waals surface area contributed by atoms with E-state index in [4.69, 9.17) is 14.2 Å². The highest BCUT2D eigenvalue weighted by Gasteiger charge is 2.19. The van der Waals surface area contributed by atoms with E-state index in [0.717, 1.165) is 4.47 Å². The van der Waals surface area contributed by atoms with Gasteiger partial charge >= 0.3 is 0 Å². The first kappa shape index (κ1) is 16.3. The van der Waals surface area contributed by atoms with E-state index in [1.54, 1.807) is 43.3 Å². The Morgan fingerprint density at radius 2 is 2.04 bits per heavy atom. The van der Waals surface area contributed by atoms with Crippen molar-refractivity contribution in [1.29, 1.82) is 0 Å². The van der Waals surface area contributed by atoms with Crippen LogP contribution in [-0.2, 0) is 4.79 Å². The van der Waals surface area contributed by atoms with Gasteiger partial charge in [-0.15, -0.1) is 0 Å². The molecule has 0 aliphatic carbocycles. The van der Waals surface area contributed by atoms with Crippen LogP contribution in [0.1, 0.15) is 17.3 Å². The Morgan fingerprint density at radius 3 is 2.83 bits per heavy atom. The van der Waals surface area contributed by atoms with E-state index >= 15 is 0 Å². The minimum absolute atomic E-state index is 0.171. The smallest absolute Gasteiger partial charge is 0.265 e. The largest absolute Gasteiger partial charge is 0.480 e. The molecule has 1 N–H and O–H groups in total. The van der Waals surface area contributed by atoms with Gasteiger partial charge in [0.05, 0.1) is 5.56 Å². The highest BCUT2D eigenvalue weighted by molar-refractivity contribution is 9.10. The van der Waals surface area contributed by atoms with Crippen molar-refractivity contribution in [3.63, 3.8) is 0 Å². The van der Waals surface area contributed by atoms with Crippen molar-refractivity contribution in [3.05, 3.63) is 46.4 Å². The molecule has 0 unspecified atom stereocenters. The normalized spacial score (nSPS) is 13.2. The lowest BCUT2D eigenvalue weighted by Gasteiger charge is -2.16. The van der Waals surface area contributed by atoms with E-state index < -0.39 is 6.10 Å². The highest BCUT2D eigenvalue weighted by Crippen LogP contribution is 2.34. The number of hydrogen-bond donors (Lipinski definition) is 1. The average molecular weight is 392 g/mol. The van der Waals surface area contributed by atoms with Gasteiger partial charge in [0.25, 0.3) is 5.91 Å². The van der Waals surface area contributed by atoms with Crippen molar-refractivity contribution in [3.8, 4) is 17.2 Å². The van der Waals surface area contributed by atoms with Crippen LogP contribution in [0.5, 0.6) is 17.2 Å². The molecule has 2 aromatic rings. The summed E-state index contributed by atoms with van der Waals surface area (Å²) in [5, 5.41) is 2.74. The van der Waals surface area contributed by atoms with Crippen molar-refractivity contribution in [2.45, 2.75) is 13.0 Å². The van der Waals surface area contributed by atoms with E-state index in [-0.39, 0.29) is 12.7 Å². The number of carbonyl (C=O) groups is 2. The number of rotatable bonds is 5. The van der Waals surface area contributed by atoms with E-state index in [9.17, 15) is 9.59 Å². The lowest BCUT2D eigenvalue weighted by molar-refractivity contribution is -0.122. The summed E-state index contributed by atoms with van der Waals surface area (Å²) in [7, 11) is 0. The first-order valence-corrected chi connectivity index (χ1v) is 7.98. The van der Waals surface area contributed by atoms with Gasteiger partial charge in [0.15, 0.2) is 23.9 Å². The summed E-state index contributed by atoms with van der Waals surface area (Å²) in [6.45, 7) is 1.78. The van der Waals surface area contributed by atoms with Crippen molar-refractivity contribution >= 4 is 33.8 Å². The van der Waals surface area contributed by atoms with E-state index in [1.807, 2.05) is 0 Å². The van der Waals surface area contributed by atoms with Gasteiger partial charge in [0.1, 0.15) is 5.75 Å². The summed E-state index contributed by atoms with van der Waals surface area (Å²) in [6, 6.07) is 10.1. The third-order valence-electron chi connectivity index (χ3n) is 3.41. The molecule has 0 spiro atoms. The second-order valence-corrected chi connectivity index (χ2v) is 6.03. The monoisotopic (exact) mass is 391 g/mol. The third kappa shape index (κ3) is 3.51. The lowest BCUT2D eigenvalue weighted by atomic mass is 10.2. The summed E-state index contributed by atoms with van der Waals surface area (Å²) < 4.78 is 16.9. The molecule has 0 bridgehead atoms. The quantitative estimate of drug-likeness (QED) is 0.790. The van der Waals surface area contributed by atoms with E-state index in [0.29, 0.717) is 34.8 Å². The first-order chi connectivity index (χ1) is 11.6. The number of anilines is 1. The van der Waals surface area contributed by atoms with Crippen LogP contribution in [0.15, 0.2) is 40.9 Å². The van der Waals surface area contributed by atoms with Gasteiger partial charge in [-0.2, -0.15) is 0 Å². The molecule has 7 heteroatoms. The Morgan fingerprint density at radius 1 is 1.25 bits per heavy atom. The first-order valence-electron chi connectivity index (χ1n) is 7.19. The van der Waals surface area contributed by atoms with Gasteiger partial charge in [-0.1, -0.05) is 15.9 Å².